The van der Waals surface area contributed by atoms with E-state index in [2.05, 4.69) is 45.1 Å². The number of hydrogen-bond acceptors (Lipinski definition) is 4. The maximum absolute atomic E-state index is 13.0. The molecule has 0 unspecified atom stereocenters. The number of methoxy groups -OCH3 is 1. The van der Waals surface area contributed by atoms with Gasteiger partial charge in [0.15, 0.2) is 0 Å². The minimum absolute atomic E-state index is 0. The molecule has 0 saturated heterocycles. The van der Waals surface area contributed by atoms with Crippen LogP contribution in [0.2, 0.25) is 0 Å². The van der Waals surface area contributed by atoms with Gasteiger partial charge < -0.3 is 15.2 Å². The molecular weight excluding hydrogens is 454 g/mol. The molecule has 1 aliphatic carbocycles. The Kier molecular flexibility index (Phi) is 7.83. The Morgan fingerprint density at radius 1 is 1.00 bits per heavy atom. The maximum Gasteiger partial charge on any atom is 0.261 e. The lowest BCUT2D eigenvalue weighted by molar-refractivity contribution is 0.0856. The Morgan fingerprint density at radius 3 is 2.20 bits per heavy atom. The summed E-state index contributed by atoms with van der Waals surface area (Å²) in [5.74, 6) is 0.656. The smallest absolute Gasteiger partial charge is 0.261 e. The average molecular weight is 494 g/mol. The molecule has 1 aliphatic rings. The predicted octanol–water partition coefficient (Wildman–Crippen LogP) is 7.26. The van der Waals surface area contributed by atoms with Gasteiger partial charge in [-0.15, -0.1) is 11.3 Å². The van der Waals surface area contributed by atoms with Crippen LogP contribution in [-0.4, -0.2) is 24.2 Å². The molecule has 0 fully saturated rings. The number of fused-ring (bicyclic) bond motifs is 1. The third-order valence-electron chi connectivity index (χ3n) is 7.24. The van der Waals surface area contributed by atoms with Crippen LogP contribution in [-0.2, 0) is 10.8 Å². The van der Waals surface area contributed by atoms with E-state index < -0.39 is 12.1 Å². The standard InChI is InChI=1S/C29H35NO3S.CH4/c1-18(26(31)19-10-8-7-9-11-19)30-27(32)25-13-12-24(34-25)20-16-21-22(17-23(20)33-6)29(4,5)15-14-28(21,2)3;/h7-13,16-18,26,31H,14-15H2,1-6H3,(H,30,32);1H4/t18-,26-;/m0./s1. The molecule has 0 saturated carbocycles. The number of carbonyl (C=O) groups excluding carboxylic acids is 1. The summed E-state index contributed by atoms with van der Waals surface area (Å²) >= 11 is 1.45. The minimum Gasteiger partial charge on any atom is -0.496 e. The van der Waals surface area contributed by atoms with Crippen molar-refractivity contribution in [1.82, 2.24) is 5.32 Å². The van der Waals surface area contributed by atoms with Gasteiger partial charge in [0, 0.05) is 10.4 Å². The quantitative estimate of drug-likeness (QED) is 0.380. The predicted molar refractivity (Wildman–Crippen MR) is 147 cm³/mol. The van der Waals surface area contributed by atoms with Crippen LogP contribution in [0.25, 0.3) is 10.4 Å². The van der Waals surface area contributed by atoms with Gasteiger partial charge in [-0.1, -0.05) is 65.5 Å². The summed E-state index contributed by atoms with van der Waals surface area (Å²) in [7, 11) is 1.71. The van der Waals surface area contributed by atoms with Gasteiger partial charge in [-0.2, -0.15) is 0 Å². The highest BCUT2D eigenvalue weighted by molar-refractivity contribution is 7.17. The van der Waals surface area contributed by atoms with Crippen molar-refractivity contribution in [2.24, 2.45) is 0 Å². The number of benzene rings is 2. The van der Waals surface area contributed by atoms with E-state index in [-0.39, 0.29) is 24.2 Å². The third kappa shape index (κ3) is 5.31. The number of aliphatic hydroxyl groups excluding tert-OH is 1. The number of amides is 1. The molecule has 2 atom stereocenters. The topological polar surface area (TPSA) is 58.6 Å². The first-order valence-electron chi connectivity index (χ1n) is 11.9. The first kappa shape index (κ1) is 27.0. The monoisotopic (exact) mass is 493 g/mol. The Morgan fingerprint density at radius 2 is 1.60 bits per heavy atom. The first-order valence-corrected chi connectivity index (χ1v) is 12.7. The fraction of sp³-hybridized carbons (Fsp3) is 0.433. The average Bonchev–Trinajstić information content (AvgIpc) is 3.31. The van der Waals surface area contributed by atoms with Crippen molar-refractivity contribution < 1.29 is 14.6 Å². The van der Waals surface area contributed by atoms with E-state index in [0.717, 1.165) is 34.6 Å². The summed E-state index contributed by atoms with van der Waals surface area (Å²) in [6, 6.07) is 17.3. The van der Waals surface area contributed by atoms with E-state index in [4.69, 9.17) is 4.74 Å². The largest absolute Gasteiger partial charge is 0.496 e. The molecule has 188 valence electrons. The minimum atomic E-state index is -0.768. The molecule has 1 heterocycles. The van der Waals surface area contributed by atoms with Crippen molar-refractivity contribution in [2.75, 3.05) is 7.11 Å². The third-order valence-corrected chi connectivity index (χ3v) is 8.36. The summed E-state index contributed by atoms with van der Waals surface area (Å²) in [4.78, 5) is 14.6. The van der Waals surface area contributed by atoms with Gasteiger partial charge >= 0.3 is 0 Å². The van der Waals surface area contributed by atoms with E-state index in [1.54, 1.807) is 7.11 Å². The van der Waals surface area contributed by atoms with E-state index in [1.807, 2.05) is 49.4 Å². The van der Waals surface area contributed by atoms with E-state index >= 15 is 0 Å². The zero-order valence-corrected chi connectivity index (χ0v) is 21.8. The van der Waals surface area contributed by atoms with Gasteiger partial charge in [0.1, 0.15) is 5.75 Å². The molecule has 4 rings (SSSR count). The van der Waals surface area contributed by atoms with Crippen LogP contribution in [0, 0.1) is 0 Å². The summed E-state index contributed by atoms with van der Waals surface area (Å²) < 4.78 is 5.82. The van der Waals surface area contributed by atoms with Crippen molar-refractivity contribution >= 4 is 17.2 Å². The van der Waals surface area contributed by atoms with Gasteiger partial charge in [-0.05, 0) is 71.6 Å². The van der Waals surface area contributed by atoms with Crippen molar-refractivity contribution in [3.63, 3.8) is 0 Å². The number of hydrogen-bond donors (Lipinski definition) is 2. The lowest BCUT2D eigenvalue weighted by atomic mass is 9.63. The zero-order valence-electron chi connectivity index (χ0n) is 20.9. The summed E-state index contributed by atoms with van der Waals surface area (Å²) in [5.41, 5.74) is 4.71. The second-order valence-electron chi connectivity index (χ2n) is 10.6. The number of thiophene rings is 1. The molecule has 3 aromatic rings. The highest BCUT2D eigenvalue weighted by atomic mass is 32.1. The molecule has 35 heavy (non-hydrogen) atoms. The molecular formula is C30H39NO3S. The normalized spacial score (nSPS) is 17.5. The Labute approximate surface area is 214 Å². The van der Waals surface area contributed by atoms with Gasteiger partial charge in [0.25, 0.3) is 5.91 Å². The summed E-state index contributed by atoms with van der Waals surface area (Å²) in [6.07, 6.45) is 1.51. The van der Waals surface area contributed by atoms with Crippen molar-refractivity contribution in [2.45, 2.75) is 77.9 Å². The van der Waals surface area contributed by atoms with Gasteiger partial charge in [0.05, 0.1) is 24.1 Å². The van der Waals surface area contributed by atoms with Gasteiger partial charge in [-0.25, -0.2) is 0 Å². The van der Waals surface area contributed by atoms with E-state index in [9.17, 15) is 9.90 Å². The Hall–Kier alpha value is -2.63. The molecule has 0 radical (unpaired) electrons. The Bertz CT molecular complexity index is 1180. The highest BCUT2D eigenvalue weighted by Crippen LogP contribution is 2.49. The Balaban J connectivity index is 0.00000342. The maximum atomic E-state index is 13.0. The van der Waals surface area contributed by atoms with Crippen molar-refractivity contribution in [1.29, 1.82) is 0 Å². The summed E-state index contributed by atoms with van der Waals surface area (Å²) in [5, 5.41) is 13.6. The number of ether oxygens (including phenoxy) is 1. The summed E-state index contributed by atoms with van der Waals surface area (Å²) in [6.45, 7) is 11.0. The van der Waals surface area contributed by atoms with Crippen molar-refractivity contribution in [3.05, 3.63) is 76.2 Å². The van der Waals surface area contributed by atoms with Crippen LogP contribution < -0.4 is 10.1 Å². The molecule has 2 N–H and O–H groups in total. The van der Waals surface area contributed by atoms with Crippen LogP contribution >= 0.6 is 11.3 Å². The molecule has 0 bridgehead atoms. The SMILES string of the molecule is C.COc1cc2c(cc1-c1ccc(C(=O)N[C@@H](C)[C@H](O)c3ccccc3)s1)C(C)(C)CCC2(C)C. The van der Waals surface area contributed by atoms with Crippen LogP contribution in [0.5, 0.6) is 5.75 Å². The fourth-order valence-electron chi connectivity index (χ4n) is 4.86. The number of carbonyl (C=O) groups is 1. The zero-order chi connectivity index (χ0) is 24.7. The lowest BCUT2D eigenvalue weighted by Gasteiger charge is -2.42. The second kappa shape index (κ2) is 10.2. The molecule has 5 heteroatoms. The van der Waals surface area contributed by atoms with E-state index in [1.165, 1.54) is 22.5 Å². The van der Waals surface area contributed by atoms with Crippen molar-refractivity contribution in [3.8, 4) is 16.2 Å². The number of aliphatic hydroxyl groups is 1. The first-order chi connectivity index (χ1) is 16.0. The number of nitrogens with one attached hydrogen (secondary N) is 1. The fourth-order valence-corrected chi connectivity index (χ4v) is 5.79. The molecule has 0 aliphatic heterocycles. The molecule has 1 aromatic heterocycles. The number of rotatable bonds is 6. The molecule has 2 aromatic carbocycles. The molecule has 1 amide bonds. The van der Waals surface area contributed by atoms with E-state index in [0.29, 0.717) is 4.88 Å². The van der Waals surface area contributed by atoms with Crippen LogP contribution in [0.4, 0.5) is 0 Å². The van der Waals surface area contributed by atoms with Crippen LogP contribution in [0.15, 0.2) is 54.6 Å². The highest BCUT2D eigenvalue weighted by Gasteiger charge is 2.38. The molecule has 0 spiro atoms. The van der Waals surface area contributed by atoms with Gasteiger partial charge in [0.2, 0.25) is 0 Å². The van der Waals surface area contributed by atoms with Crippen LogP contribution in [0.1, 0.15) is 87.4 Å². The van der Waals surface area contributed by atoms with Crippen LogP contribution in [0.3, 0.4) is 0 Å². The van der Waals surface area contributed by atoms with Gasteiger partial charge in [-0.3, -0.25) is 4.79 Å². The molecule has 4 nitrogen and oxygen atoms in total. The lowest BCUT2D eigenvalue weighted by Crippen LogP contribution is -2.36. The second-order valence-corrected chi connectivity index (χ2v) is 11.7.